The van der Waals surface area contributed by atoms with E-state index >= 15 is 0 Å². The molecule has 1 aliphatic rings. The molecular formula is C14H11Cl2NO3. The molecule has 1 heterocycles. The van der Waals surface area contributed by atoms with Crippen LogP contribution in [-0.4, -0.2) is 6.79 Å². The number of hydrogen-bond acceptors (Lipinski definition) is 4. The van der Waals surface area contributed by atoms with Crippen LogP contribution in [0.2, 0.25) is 10.0 Å². The van der Waals surface area contributed by atoms with E-state index in [4.69, 9.17) is 43.1 Å². The number of fused-ring (bicyclic) bond motifs is 1. The molecule has 0 aromatic heterocycles. The first kappa shape index (κ1) is 13.2. The van der Waals surface area contributed by atoms with Crippen molar-refractivity contribution >= 4 is 28.9 Å². The van der Waals surface area contributed by atoms with Crippen molar-refractivity contribution in [1.29, 1.82) is 0 Å². The van der Waals surface area contributed by atoms with Crippen LogP contribution >= 0.6 is 23.2 Å². The van der Waals surface area contributed by atoms with Crippen LogP contribution in [0.3, 0.4) is 0 Å². The molecule has 2 aromatic rings. The summed E-state index contributed by atoms with van der Waals surface area (Å²) in [5.74, 6) is 1.86. The first-order valence-corrected chi connectivity index (χ1v) is 6.65. The molecule has 0 aliphatic carbocycles. The van der Waals surface area contributed by atoms with Crippen molar-refractivity contribution in [3.05, 3.63) is 45.9 Å². The van der Waals surface area contributed by atoms with Crippen molar-refractivity contribution in [2.24, 2.45) is 0 Å². The van der Waals surface area contributed by atoms with Crippen LogP contribution in [0, 0.1) is 0 Å². The van der Waals surface area contributed by atoms with Crippen LogP contribution in [-0.2, 0) is 6.61 Å². The van der Waals surface area contributed by atoms with E-state index in [0.717, 1.165) is 11.3 Å². The second kappa shape index (κ2) is 5.31. The monoisotopic (exact) mass is 311 g/mol. The van der Waals surface area contributed by atoms with E-state index in [1.807, 2.05) is 18.2 Å². The van der Waals surface area contributed by atoms with Gasteiger partial charge in [-0.1, -0.05) is 29.3 Å². The minimum atomic E-state index is 0.245. The molecule has 6 heteroatoms. The molecule has 0 spiro atoms. The largest absolute Gasteiger partial charge is 0.486 e. The third kappa shape index (κ3) is 2.57. The number of nitrogen functional groups attached to an aromatic ring is 1. The third-order valence-electron chi connectivity index (χ3n) is 2.84. The maximum atomic E-state index is 6.06. The molecule has 20 heavy (non-hydrogen) atoms. The summed E-state index contributed by atoms with van der Waals surface area (Å²) in [7, 11) is 0. The summed E-state index contributed by atoms with van der Waals surface area (Å²) in [5.41, 5.74) is 7.07. The van der Waals surface area contributed by atoms with Gasteiger partial charge in [0.05, 0.1) is 10.0 Å². The van der Waals surface area contributed by atoms with Gasteiger partial charge in [0.1, 0.15) is 6.61 Å². The number of nitrogens with two attached hydrogens (primary N) is 1. The minimum absolute atomic E-state index is 0.245. The van der Waals surface area contributed by atoms with Crippen LogP contribution in [0.5, 0.6) is 17.2 Å². The van der Waals surface area contributed by atoms with Gasteiger partial charge in [0.15, 0.2) is 17.2 Å². The lowest BCUT2D eigenvalue weighted by Crippen LogP contribution is -1.97. The van der Waals surface area contributed by atoms with Crippen LogP contribution < -0.4 is 19.9 Å². The van der Waals surface area contributed by atoms with Gasteiger partial charge in [0.2, 0.25) is 6.79 Å². The van der Waals surface area contributed by atoms with Gasteiger partial charge in [-0.3, -0.25) is 0 Å². The SMILES string of the molecule is Nc1cc(Cl)c(OCc2ccc3c(c2)OCO3)c(Cl)c1. The molecule has 0 saturated carbocycles. The smallest absolute Gasteiger partial charge is 0.231 e. The second-order valence-electron chi connectivity index (χ2n) is 4.29. The lowest BCUT2D eigenvalue weighted by atomic mass is 10.2. The first-order valence-electron chi connectivity index (χ1n) is 5.89. The highest BCUT2D eigenvalue weighted by Gasteiger charge is 2.14. The van der Waals surface area contributed by atoms with E-state index < -0.39 is 0 Å². The number of anilines is 1. The Labute approximate surface area is 125 Å². The van der Waals surface area contributed by atoms with Crippen molar-refractivity contribution in [1.82, 2.24) is 0 Å². The summed E-state index contributed by atoms with van der Waals surface area (Å²) in [6.07, 6.45) is 0. The van der Waals surface area contributed by atoms with Gasteiger partial charge in [-0.25, -0.2) is 0 Å². The molecule has 104 valence electrons. The predicted molar refractivity (Wildman–Crippen MR) is 77.8 cm³/mol. The lowest BCUT2D eigenvalue weighted by Gasteiger charge is -2.11. The summed E-state index contributed by atoms with van der Waals surface area (Å²) in [6.45, 7) is 0.565. The third-order valence-corrected chi connectivity index (χ3v) is 3.40. The van der Waals surface area contributed by atoms with E-state index in [0.29, 0.717) is 33.8 Å². The number of hydrogen-bond donors (Lipinski definition) is 1. The molecule has 0 fully saturated rings. The Kier molecular flexibility index (Phi) is 3.51. The summed E-state index contributed by atoms with van der Waals surface area (Å²) in [5, 5.41) is 0.770. The van der Waals surface area contributed by atoms with Gasteiger partial charge in [-0.15, -0.1) is 0 Å². The Morgan fingerprint density at radius 2 is 1.75 bits per heavy atom. The zero-order chi connectivity index (χ0) is 14.1. The van der Waals surface area contributed by atoms with Gasteiger partial charge < -0.3 is 19.9 Å². The zero-order valence-corrected chi connectivity index (χ0v) is 11.9. The van der Waals surface area contributed by atoms with Crippen molar-refractivity contribution in [3.63, 3.8) is 0 Å². The Hall–Kier alpha value is -1.78. The van der Waals surface area contributed by atoms with Gasteiger partial charge >= 0.3 is 0 Å². The molecule has 0 unspecified atom stereocenters. The lowest BCUT2D eigenvalue weighted by molar-refractivity contribution is 0.174. The average Bonchev–Trinajstić information content (AvgIpc) is 2.84. The molecule has 0 bridgehead atoms. The van der Waals surface area contributed by atoms with E-state index in [-0.39, 0.29) is 6.79 Å². The minimum Gasteiger partial charge on any atom is -0.486 e. The fourth-order valence-corrected chi connectivity index (χ4v) is 2.52. The standard InChI is InChI=1S/C14H11Cl2NO3/c15-10-4-9(17)5-11(16)14(10)18-6-8-1-2-12-13(3-8)20-7-19-12/h1-5H,6-7,17H2. The molecule has 2 N–H and O–H groups in total. The van der Waals surface area contributed by atoms with Crippen molar-refractivity contribution in [2.45, 2.75) is 6.61 Å². The Balaban J connectivity index is 1.77. The van der Waals surface area contributed by atoms with E-state index in [1.165, 1.54) is 0 Å². The fraction of sp³-hybridized carbons (Fsp3) is 0.143. The topological polar surface area (TPSA) is 53.7 Å². The Morgan fingerprint density at radius 3 is 2.50 bits per heavy atom. The summed E-state index contributed by atoms with van der Waals surface area (Å²) in [4.78, 5) is 0. The first-order chi connectivity index (χ1) is 9.63. The van der Waals surface area contributed by atoms with Gasteiger partial charge in [0.25, 0.3) is 0 Å². The highest BCUT2D eigenvalue weighted by atomic mass is 35.5. The number of rotatable bonds is 3. The number of halogens is 2. The second-order valence-corrected chi connectivity index (χ2v) is 5.10. The maximum Gasteiger partial charge on any atom is 0.231 e. The Bertz CT molecular complexity index is 638. The summed E-state index contributed by atoms with van der Waals surface area (Å²) in [6, 6.07) is 8.80. The van der Waals surface area contributed by atoms with Crippen LogP contribution in [0.1, 0.15) is 5.56 Å². The average molecular weight is 312 g/mol. The maximum absolute atomic E-state index is 6.06. The van der Waals surface area contributed by atoms with Crippen LogP contribution in [0.25, 0.3) is 0 Å². The molecule has 0 radical (unpaired) electrons. The summed E-state index contributed by atoms with van der Waals surface area (Å²) < 4.78 is 16.2. The van der Waals surface area contributed by atoms with Crippen molar-refractivity contribution in [2.75, 3.05) is 12.5 Å². The highest BCUT2D eigenvalue weighted by molar-refractivity contribution is 6.37. The number of benzene rings is 2. The fourth-order valence-electron chi connectivity index (χ4n) is 1.90. The molecular weight excluding hydrogens is 301 g/mol. The quantitative estimate of drug-likeness (QED) is 0.874. The van der Waals surface area contributed by atoms with Gasteiger partial charge in [0, 0.05) is 5.69 Å². The van der Waals surface area contributed by atoms with E-state index in [9.17, 15) is 0 Å². The molecule has 0 amide bonds. The molecule has 0 saturated heterocycles. The highest BCUT2D eigenvalue weighted by Crippen LogP contribution is 2.36. The van der Waals surface area contributed by atoms with E-state index in [1.54, 1.807) is 12.1 Å². The van der Waals surface area contributed by atoms with Crippen molar-refractivity contribution < 1.29 is 14.2 Å². The molecule has 0 atom stereocenters. The van der Waals surface area contributed by atoms with Gasteiger partial charge in [-0.2, -0.15) is 0 Å². The molecule has 2 aromatic carbocycles. The predicted octanol–water partition coefficient (Wildman–Crippen LogP) is 3.88. The Morgan fingerprint density at radius 1 is 1.05 bits per heavy atom. The molecule has 1 aliphatic heterocycles. The molecule has 4 nitrogen and oxygen atoms in total. The van der Waals surface area contributed by atoms with Crippen molar-refractivity contribution in [3.8, 4) is 17.2 Å². The van der Waals surface area contributed by atoms with Crippen LogP contribution in [0.15, 0.2) is 30.3 Å². The van der Waals surface area contributed by atoms with E-state index in [2.05, 4.69) is 0 Å². The number of ether oxygens (including phenoxy) is 3. The normalized spacial score (nSPS) is 12.5. The zero-order valence-electron chi connectivity index (χ0n) is 10.4. The van der Waals surface area contributed by atoms with Gasteiger partial charge in [-0.05, 0) is 29.8 Å². The van der Waals surface area contributed by atoms with Crippen LogP contribution in [0.4, 0.5) is 5.69 Å². The summed E-state index contributed by atoms with van der Waals surface area (Å²) >= 11 is 12.1. The molecule has 3 rings (SSSR count).